The van der Waals surface area contributed by atoms with E-state index in [-0.39, 0.29) is 6.56 Å². The molecule has 0 aliphatic carbocycles. The summed E-state index contributed by atoms with van der Waals surface area (Å²) >= 11 is 0. The van der Waals surface area contributed by atoms with Crippen molar-refractivity contribution in [3.05, 3.63) is 0 Å². The van der Waals surface area contributed by atoms with Gasteiger partial charge in [-0.05, 0) is 0 Å². The van der Waals surface area contributed by atoms with Crippen LogP contribution in [0.3, 0.4) is 0 Å². The minimum Gasteiger partial charge on any atom is -0.242 e. The topological polar surface area (TPSA) is 34.1 Å². The molecule has 0 radical (unpaired) electrons. The molecule has 0 aromatic rings. The first kappa shape index (κ1) is 6.01. The molecule has 0 aliphatic rings. The maximum atomic E-state index is 10.0. The predicted molar refractivity (Wildman–Crippen MR) is 27.9 cm³/mol. The van der Waals surface area contributed by atoms with Gasteiger partial charge in [-0.15, -0.1) is 0 Å². The predicted octanol–water partition coefficient (Wildman–Crippen LogP) is -0.569. The van der Waals surface area contributed by atoms with Crippen LogP contribution in [0.25, 0.3) is 0 Å². The van der Waals surface area contributed by atoms with Crippen molar-refractivity contribution in [3.8, 4) is 0 Å². The van der Waals surface area contributed by atoms with Gasteiger partial charge in [0.2, 0.25) is 0 Å². The Morgan fingerprint density at radius 3 is 1.67 bits per heavy atom. The number of rotatable bonds is 1. The highest BCUT2D eigenvalue weighted by Crippen LogP contribution is 1.71. The standard InChI is InChI=1S/C2H7BO2S/c1-3-6(2,4)5/h3H,1-2H3. The van der Waals surface area contributed by atoms with E-state index in [2.05, 4.69) is 0 Å². The molecule has 0 atom stereocenters. The van der Waals surface area contributed by atoms with E-state index in [0.29, 0.717) is 0 Å². The Kier molecular flexibility index (Phi) is 1.65. The van der Waals surface area contributed by atoms with E-state index in [1.807, 2.05) is 0 Å². The van der Waals surface area contributed by atoms with Crippen molar-refractivity contribution < 1.29 is 8.42 Å². The minimum atomic E-state index is -2.66. The van der Waals surface area contributed by atoms with E-state index in [4.69, 9.17) is 0 Å². The van der Waals surface area contributed by atoms with Crippen molar-refractivity contribution in [2.75, 3.05) is 6.26 Å². The van der Waals surface area contributed by atoms with E-state index in [1.54, 1.807) is 6.82 Å². The van der Waals surface area contributed by atoms with Crippen molar-refractivity contribution in [1.29, 1.82) is 0 Å². The van der Waals surface area contributed by atoms with Gasteiger partial charge in [0.15, 0.2) is 0 Å². The zero-order chi connectivity index (χ0) is 5.21. The Balaban J connectivity index is 3.85. The first-order valence-corrected chi connectivity index (χ1v) is 3.80. The number of hydrogen-bond donors (Lipinski definition) is 0. The van der Waals surface area contributed by atoms with E-state index >= 15 is 0 Å². The summed E-state index contributed by atoms with van der Waals surface area (Å²) in [7, 11) is -2.66. The summed E-state index contributed by atoms with van der Waals surface area (Å²) in [6, 6.07) is 0. The Bertz CT molecular complexity index is 114. The van der Waals surface area contributed by atoms with Crippen LogP contribution in [0.5, 0.6) is 0 Å². The van der Waals surface area contributed by atoms with Crippen LogP contribution < -0.4 is 0 Å². The zero-order valence-corrected chi connectivity index (χ0v) is 4.75. The fourth-order valence-corrected chi connectivity index (χ4v) is 0. The molecule has 0 fully saturated rings. The van der Waals surface area contributed by atoms with Gasteiger partial charge in [0.1, 0.15) is 0 Å². The quantitative estimate of drug-likeness (QED) is 0.419. The lowest BCUT2D eigenvalue weighted by atomic mass is 10.2. The Hall–Kier alpha value is 0.0149. The molecule has 36 valence electrons. The summed E-state index contributed by atoms with van der Waals surface area (Å²) < 4.78 is 20.0. The van der Waals surface area contributed by atoms with Gasteiger partial charge in [-0.3, -0.25) is 0 Å². The average molecular weight is 106 g/mol. The molecule has 0 rings (SSSR count). The third-order valence-corrected chi connectivity index (χ3v) is 1.57. The third-order valence-electron chi connectivity index (χ3n) is 0.524. The van der Waals surface area contributed by atoms with Crippen molar-refractivity contribution in [2.45, 2.75) is 6.82 Å². The molecule has 2 nitrogen and oxygen atoms in total. The Morgan fingerprint density at radius 1 is 1.50 bits per heavy atom. The van der Waals surface area contributed by atoms with Crippen LogP contribution >= 0.6 is 0 Å². The molecule has 0 aromatic carbocycles. The van der Waals surface area contributed by atoms with Crippen LogP contribution in [-0.4, -0.2) is 21.2 Å². The minimum absolute atomic E-state index is 0.243. The highest BCUT2D eigenvalue weighted by molar-refractivity contribution is 8.14. The molecule has 6 heavy (non-hydrogen) atoms. The zero-order valence-electron chi connectivity index (χ0n) is 3.93. The van der Waals surface area contributed by atoms with Gasteiger partial charge in [-0.1, -0.05) is 6.82 Å². The van der Waals surface area contributed by atoms with Crippen LogP contribution in [0.15, 0.2) is 0 Å². The molecule has 0 saturated heterocycles. The monoisotopic (exact) mass is 106 g/mol. The number of hydrogen-bond acceptors (Lipinski definition) is 2. The lowest BCUT2D eigenvalue weighted by Crippen LogP contribution is -2.00. The molecule has 0 saturated carbocycles. The lowest BCUT2D eigenvalue weighted by molar-refractivity contribution is 0.614. The molecule has 0 unspecified atom stereocenters. The van der Waals surface area contributed by atoms with E-state index in [9.17, 15) is 8.42 Å². The summed E-state index contributed by atoms with van der Waals surface area (Å²) in [5.74, 6) is 0. The second-order valence-corrected chi connectivity index (χ2v) is 3.64. The van der Waals surface area contributed by atoms with Crippen molar-refractivity contribution in [2.24, 2.45) is 0 Å². The van der Waals surface area contributed by atoms with Crippen LogP contribution in [-0.2, 0) is 9.69 Å². The maximum Gasteiger partial charge on any atom is 0.270 e. The van der Waals surface area contributed by atoms with Crippen molar-refractivity contribution in [3.63, 3.8) is 0 Å². The Labute approximate surface area is 38.6 Å². The van der Waals surface area contributed by atoms with Crippen LogP contribution in [0.4, 0.5) is 0 Å². The molecular weight excluding hydrogens is 98.9 g/mol. The maximum absolute atomic E-state index is 10.0. The molecule has 0 aliphatic heterocycles. The molecule has 0 spiro atoms. The highest BCUT2D eigenvalue weighted by atomic mass is 32.2. The summed E-state index contributed by atoms with van der Waals surface area (Å²) in [6.45, 7) is 1.86. The molecule has 4 heteroatoms. The van der Waals surface area contributed by atoms with Gasteiger partial charge >= 0.3 is 0 Å². The fraction of sp³-hybridized carbons (Fsp3) is 1.00. The first-order valence-electron chi connectivity index (χ1n) is 1.74. The average Bonchev–Trinajstić information content (AvgIpc) is 1.35. The van der Waals surface area contributed by atoms with Gasteiger partial charge in [0.05, 0.1) is 9.69 Å². The van der Waals surface area contributed by atoms with Crippen LogP contribution in [0.1, 0.15) is 0 Å². The molecule has 0 aromatic heterocycles. The highest BCUT2D eigenvalue weighted by Gasteiger charge is 1.94. The smallest absolute Gasteiger partial charge is 0.242 e. The molecule has 0 amide bonds. The third kappa shape index (κ3) is 4.01. The normalized spacial score (nSPS) is 11.0. The second kappa shape index (κ2) is 1.64. The van der Waals surface area contributed by atoms with Crippen molar-refractivity contribution in [1.82, 2.24) is 0 Å². The van der Waals surface area contributed by atoms with E-state index in [0.717, 1.165) is 0 Å². The van der Waals surface area contributed by atoms with Crippen LogP contribution in [0.2, 0.25) is 6.82 Å². The summed E-state index contributed by atoms with van der Waals surface area (Å²) in [5.41, 5.74) is 0. The van der Waals surface area contributed by atoms with Gasteiger partial charge < -0.3 is 0 Å². The van der Waals surface area contributed by atoms with E-state index in [1.165, 1.54) is 6.26 Å². The lowest BCUT2D eigenvalue weighted by Gasteiger charge is -1.78. The summed E-state index contributed by atoms with van der Waals surface area (Å²) in [5, 5.41) is 0. The van der Waals surface area contributed by atoms with Gasteiger partial charge in [-0.2, -0.15) is 0 Å². The molecular formula is C2H7BO2S. The molecule has 0 heterocycles. The van der Waals surface area contributed by atoms with E-state index < -0.39 is 9.69 Å². The molecule has 0 N–H and O–H groups in total. The van der Waals surface area contributed by atoms with Crippen molar-refractivity contribution >= 4 is 16.2 Å². The second-order valence-electron chi connectivity index (χ2n) is 1.21. The van der Waals surface area contributed by atoms with Gasteiger partial charge in [-0.25, -0.2) is 8.42 Å². The van der Waals surface area contributed by atoms with Gasteiger partial charge in [0.25, 0.3) is 6.56 Å². The SMILES string of the molecule is CBS(C)(=O)=O. The first-order chi connectivity index (χ1) is 2.56. The molecule has 0 bridgehead atoms. The largest absolute Gasteiger partial charge is 0.270 e. The summed E-state index contributed by atoms with van der Waals surface area (Å²) in [6.07, 6.45) is 1.22. The van der Waals surface area contributed by atoms with Gasteiger partial charge in [0, 0.05) is 6.26 Å². The fourth-order valence-electron chi connectivity index (χ4n) is 0. The Morgan fingerprint density at radius 2 is 1.67 bits per heavy atom. The van der Waals surface area contributed by atoms with Crippen LogP contribution in [0, 0.1) is 0 Å². The summed E-state index contributed by atoms with van der Waals surface area (Å²) in [4.78, 5) is 0.